The molecule has 2 fully saturated rings. The molecule has 0 spiro atoms. The molecule has 59 heavy (non-hydrogen) atoms. The average molecular weight is 839 g/mol. The van der Waals surface area contributed by atoms with Crippen LogP contribution in [-0.4, -0.2) is 122 Å². The van der Waals surface area contributed by atoms with Gasteiger partial charge in [0, 0.05) is 39.9 Å². The summed E-state index contributed by atoms with van der Waals surface area (Å²) in [5, 5.41) is 10.8. The van der Waals surface area contributed by atoms with Crippen molar-refractivity contribution in [3.05, 3.63) is 24.3 Å². The van der Waals surface area contributed by atoms with Crippen LogP contribution in [0.4, 0.5) is 13.6 Å². The molecule has 1 heterocycles. The van der Waals surface area contributed by atoms with Gasteiger partial charge in [-0.1, -0.05) is 72.3 Å². The van der Waals surface area contributed by atoms with Gasteiger partial charge in [-0.2, -0.15) is 0 Å². The molecule has 16 heteroatoms. The van der Waals surface area contributed by atoms with Gasteiger partial charge in [0.05, 0.1) is 12.6 Å². The molecule has 0 radical (unpaired) electrons. The summed E-state index contributed by atoms with van der Waals surface area (Å²) >= 11 is 0. The van der Waals surface area contributed by atoms with E-state index in [0.29, 0.717) is 18.9 Å². The molecule has 14 nitrogen and oxygen atoms in total. The normalized spacial score (nSPS) is 22.5. The summed E-state index contributed by atoms with van der Waals surface area (Å²) in [6, 6.07) is -3.89. The number of hydrogen-bond donors (Lipinski definition) is 4. The van der Waals surface area contributed by atoms with E-state index in [9.17, 15) is 42.3 Å². The Morgan fingerprint density at radius 3 is 2.03 bits per heavy atom. The van der Waals surface area contributed by atoms with Gasteiger partial charge in [-0.3, -0.25) is 28.8 Å². The molecule has 4 N–H and O–H groups in total. The first-order chi connectivity index (χ1) is 27.4. The summed E-state index contributed by atoms with van der Waals surface area (Å²) in [5.41, 5.74) is -1.52. The number of likely N-dealkylation sites (N-methyl/N-ethyl adjacent to an activating group) is 2. The fourth-order valence-corrected chi connectivity index (χ4v) is 7.43. The number of nitrogens with one attached hydrogen (secondary N) is 4. The van der Waals surface area contributed by atoms with Gasteiger partial charge in [-0.25, -0.2) is 13.6 Å². The third-order valence-electron chi connectivity index (χ3n) is 10.3. The molecule has 5 amide bonds. The molecular weight excluding hydrogens is 767 g/mol. The van der Waals surface area contributed by atoms with E-state index in [1.54, 1.807) is 62.7 Å². The first kappa shape index (κ1) is 52.8. The Morgan fingerprint density at radius 2 is 1.54 bits per heavy atom. The van der Waals surface area contributed by atoms with Gasteiger partial charge in [0.15, 0.2) is 5.78 Å². The number of alkyl halides is 2. The summed E-state index contributed by atoms with van der Waals surface area (Å²) < 4.78 is 31.2. The maximum Gasteiger partial charge on any atom is 0.408 e. The SMILES string of the molecule is CC.CC(=O)C(=O)C(CCC(F)F)NC(=O)C1[C@H]2CC(C)CC[C@H]2CN1C(=O)C(NC(=O)OC(C)(C)C)C(C)(C)C.CNCC(=O)NC(C(=O)N(C)C)C1C=CC=CC1. The Morgan fingerprint density at radius 1 is 0.915 bits per heavy atom. The van der Waals surface area contributed by atoms with Crippen LogP contribution in [-0.2, 0) is 33.5 Å². The lowest BCUT2D eigenvalue weighted by molar-refractivity contribution is -0.144. The van der Waals surface area contributed by atoms with E-state index in [-0.39, 0.29) is 36.1 Å². The number of amides is 5. The van der Waals surface area contributed by atoms with E-state index >= 15 is 0 Å². The van der Waals surface area contributed by atoms with Gasteiger partial charge >= 0.3 is 6.09 Å². The van der Waals surface area contributed by atoms with Crippen LogP contribution in [0, 0.1) is 29.1 Å². The second-order valence-electron chi connectivity index (χ2n) is 17.7. The van der Waals surface area contributed by atoms with Gasteiger partial charge in [0.1, 0.15) is 23.7 Å². The molecule has 0 bridgehead atoms. The zero-order valence-electron chi connectivity index (χ0n) is 37.6. The molecule has 0 aromatic rings. The highest BCUT2D eigenvalue weighted by Crippen LogP contribution is 2.43. The quantitative estimate of drug-likeness (QED) is 0.178. The van der Waals surface area contributed by atoms with Gasteiger partial charge in [0.25, 0.3) is 0 Å². The number of Topliss-reactive ketones (excluding diaryl/α,β-unsaturated/α-hetero) is 2. The molecule has 1 aliphatic heterocycles. The minimum absolute atomic E-state index is 0.0192. The van der Waals surface area contributed by atoms with Crippen molar-refractivity contribution in [1.29, 1.82) is 0 Å². The standard InChI is InChI=1S/C28H45F2N3O6.C13H21N3O2.C2H6/c1-15-9-10-17-14-33(25(37)23(27(3,4)5)32-26(38)39-28(6,7)8)21(18(17)13-15)24(36)31-19(11-12-20(29)30)22(35)16(2)34;1-14-9-11(17)15-12(13(18)16(2)3)10-7-5-4-6-8-10;1-2/h15,17-21,23H,9-14H2,1-8H3,(H,31,36)(H,32,38);4-7,10,12,14H,8-9H2,1-3H3,(H,15,17);1-2H3/t15?,17-,18-,19?,21?,23?;;/m0../s1. The van der Waals surface area contributed by atoms with Crippen molar-refractivity contribution < 1.29 is 47.1 Å². The number of carbonyl (C=O) groups is 7. The maximum atomic E-state index is 14.0. The number of fused-ring (bicyclic) bond motifs is 1. The number of alkyl carbamates (subject to hydrolysis) is 1. The highest BCUT2D eigenvalue weighted by Gasteiger charge is 2.52. The van der Waals surface area contributed by atoms with E-state index in [2.05, 4.69) is 28.2 Å². The number of ketones is 2. The molecule has 6 unspecified atom stereocenters. The largest absolute Gasteiger partial charge is 0.444 e. The smallest absolute Gasteiger partial charge is 0.408 e. The first-order valence-electron chi connectivity index (χ1n) is 20.8. The fourth-order valence-electron chi connectivity index (χ4n) is 7.43. The lowest BCUT2D eigenvalue weighted by Crippen LogP contribution is -2.60. The number of allylic oxidation sites excluding steroid dienone is 3. The van der Waals surface area contributed by atoms with E-state index in [0.717, 1.165) is 26.2 Å². The highest BCUT2D eigenvalue weighted by atomic mass is 19.3. The molecule has 0 aromatic heterocycles. The number of carbonyl (C=O) groups excluding carboxylic acids is 7. The Labute approximate surface area is 350 Å². The molecule has 1 saturated heterocycles. The number of halogens is 2. The lowest BCUT2D eigenvalue weighted by Gasteiger charge is -2.37. The number of rotatable bonds is 14. The fraction of sp³-hybridized carbons (Fsp3) is 0.744. The first-order valence-corrected chi connectivity index (χ1v) is 20.8. The van der Waals surface area contributed by atoms with Crippen molar-refractivity contribution in [2.24, 2.45) is 29.1 Å². The summed E-state index contributed by atoms with van der Waals surface area (Å²) in [7, 11) is 5.09. The Balaban J connectivity index is 0.000000725. The van der Waals surface area contributed by atoms with E-state index in [1.165, 1.54) is 9.80 Å². The molecule has 0 aromatic carbocycles. The predicted octanol–water partition coefficient (Wildman–Crippen LogP) is 4.81. The van der Waals surface area contributed by atoms with Crippen LogP contribution in [0.2, 0.25) is 0 Å². The van der Waals surface area contributed by atoms with Crippen LogP contribution in [0.3, 0.4) is 0 Å². The molecule has 336 valence electrons. The zero-order valence-corrected chi connectivity index (χ0v) is 37.6. The second kappa shape index (κ2) is 24.1. The summed E-state index contributed by atoms with van der Waals surface area (Å²) in [4.78, 5) is 91.4. The van der Waals surface area contributed by atoms with Gasteiger partial charge in [0.2, 0.25) is 35.8 Å². The lowest BCUT2D eigenvalue weighted by atomic mass is 9.74. The average Bonchev–Trinajstić information content (AvgIpc) is 3.52. The molecule has 2 aliphatic carbocycles. The topological polar surface area (TPSA) is 183 Å². The van der Waals surface area contributed by atoms with Crippen LogP contribution in [0.5, 0.6) is 0 Å². The number of ether oxygens (including phenoxy) is 1. The Bertz CT molecular complexity index is 1510. The number of likely N-dealkylation sites (tertiary alicyclic amines) is 1. The monoisotopic (exact) mass is 839 g/mol. The predicted molar refractivity (Wildman–Crippen MR) is 223 cm³/mol. The van der Waals surface area contributed by atoms with Crippen molar-refractivity contribution in [2.45, 2.75) is 144 Å². The van der Waals surface area contributed by atoms with Crippen molar-refractivity contribution >= 4 is 41.3 Å². The van der Waals surface area contributed by atoms with Crippen LogP contribution in [0.25, 0.3) is 0 Å². The van der Waals surface area contributed by atoms with Crippen molar-refractivity contribution in [3.63, 3.8) is 0 Å². The van der Waals surface area contributed by atoms with Gasteiger partial charge in [-0.05, 0) is 76.7 Å². The van der Waals surface area contributed by atoms with Gasteiger partial charge in [-0.15, -0.1) is 0 Å². The third kappa shape index (κ3) is 17.1. The van der Waals surface area contributed by atoms with Crippen LogP contribution in [0.15, 0.2) is 24.3 Å². The van der Waals surface area contributed by atoms with E-state index in [4.69, 9.17) is 4.74 Å². The number of nitrogens with zero attached hydrogens (tertiary/aromatic N) is 2. The van der Waals surface area contributed by atoms with Crippen molar-refractivity contribution in [3.8, 4) is 0 Å². The Hall–Kier alpha value is -4.21. The van der Waals surface area contributed by atoms with E-state index < -0.39 is 83.9 Å². The van der Waals surface area contributed by atoms with Crippen molar-refractivity contribution in [2.75, 3.05) is 34.2 Å². The Kier molecular flexibility index (Phi) is 21.6. The molecule has 3 aliphatic rings. The van der Waals surface area contributed by atoms with Crippen molar-refractivity contribution in [1.82, 2.24) is 31.1 Å². The summed E-state index contributed by atoms with van der Waals surface area (Å²) in [6.07, 6.45) is 6.49. The molecule has 8 atom stereocenters. The number of hydrogen-bond acceptors (Lipinski definition) is 9. The third-order valence-corrected chi connectivity index (χ3v) is 10.3. The van der Waals surface area contributed by atoms with Crippen LogP contribution in [0.1, 0.15) is 108 Å². The minimum atomic E-state index is -2.70. The minimum Gasteiger partial charge on any atom is -0.444 e. The molecule has 1 saturated carbocycles. The second-order valence-corrected chi connectivity index (χ2v) is 17.7. The van der Waals surface area contributed by atoms with E-state index in [1.807, 2.05) is 38.2 Å². The van der Waals surface area contributed by atoms with Gasteiger partial charge < -0.3 is 35.8 Å². The highest BCUT2D eigenvalue weighted by molar-refractivity contribution is 6.38. The summed E-state index contributed by atoms with van der Waals surface area (Å²) in [5.74, 6) is -2.99. The maximum absolute atomic E-state index is 14.0. The summed E-state index contributed by atoms with van der Waals surface area (Å²) in [6.45, 7) is 18.1. The van der Waals surface area contributed by atoms with Crippen LogP contribution < -0.4 is 21.3 Å². The molecular formula is C43H72F2N6O8. The van der Waals surface area contributed by atoms with Crippen LogP contribution >= 0.6 is 0 Å². The zero-order chi connectivity index (χ0) is 45.4. The molecule has 3 rings (SSSR count).